The first kappa shape index (κ1) is 16.3. The molecular formula is C21H20BrN3O. The van der Waals surface area contributed by atoms with Crippen molar-refractivity contribution in [1.82, 2.24) is 4.90 Å². The number of hydrazone groups is 1. The van der Waals surface area contributed by atoms with Crippen LogP contribution >= 0.6 is 15.9 Å². The Balaban J connectivity index is 1.52. The van der Waals surface area contributed by atoms with Crippen LogP contribution in [0.15, 0.2) is 39.9 Å². The number of fused-ring (bicyclic) bond motifs is 5. The summed E-state index contributed by atoms with van der Waals surface area (Å²) in [5.41, 5.74) is 7.47. The Kier molecular flexibility index (Phi) is 3.66. The smallest absolute Gasteiger partial charge is 0.233 e. The number of ether oxygens (including phenoxy) is 1. The molecule has 2 aromatic rings. The van der Waals surface area contributed by atoms with Gasteiger partial charge in [0, 0.05) is 10.9 Å². The van der Waals surface area contributed by atoms with Gasteiger partial charge in [0.25, 0.3) is 0 Å². The highest BCUT2D eigenvalue weighted by Gasteiger charge is 2.46. The summed E-state index contributed by atoms with van der Waals surface area (Å²) in [6.07, 6.45) is 1.10. The van der Waals surface area contributed by atoms with Crippen LogP contribution in [0.4, 0.5) is 5.69 Å². The predicted octanol–water partition coefficient (Wildman–Crippen LogP) is 4.50. The van der Waals surface area contributed by atoms with E-state index < -0.39 is 0 Å². The predicted molar refractivity (Wildman–Crippen MR) is 106 cm³/mol. The number of halogens is 1. The van der Waals surface area contributed by atoms with Crippen LogP contribution in [0.2, 0.25) is 0 Å². The van der Waals surface area contributed by atoms with Crippen LogP contribution in [-0.4, -0.2) is 23.4 Å². The third kappa shape index (κ3) is 2.41. The van der Waals surface area contributed by atoms with E-state index >= 15 is 0 Å². The van der Waals surface area contributed by atoms with E-state index in [1.165, 1.54) is 27.8 Å². The Bertz CT molecular complexity index is 916. The second-order valence-corrected chi connectivity index (χ2v) is 8.30. The first-order valence-electron chi connectivity index (χ1n) is 8.92. The van der Waals surface area contributed by atoms with E-state index in [2.05, 4.69) is 78.6 Å². The normalized spacial score (nSPS) is 23.6. The second kappa shape index (κ2) is 5.83. The van der Waals surface area contributed by atoms with Crippen LogP contribution in [0.5, 0.6) is 0 Å². The van der Waals surface area contributed by atoms with Gasteiger partial charge in [-0.3, -0.25) is 0 Å². The number of hydrogen-bond acceptors (Lipinski definition) is 4. The van der Waals surface area contributed by atoms with Crippen molar-refractivity contribution in [3.05, 3.63) is 69.3 Å². The minimum Gasteiger partial charge on any atom is -0.367 e. The van der Waals surface area contributed by atoms with Crippen molar-refractivity contribution in [2.45, 2.75) is 39.3 Å². The molecule has 132 valence electrons. The lowest BCUT2D eigenvalue weighted by atomic mass is 10.0. The van der Waals surface area contributed by atoms with Gasteiger partial charge in [-0.05, 0) is 55.2 Å². The van der Waals surface area contributed by atoms with Gasteiger partial charge in [0.1, 0.15) is 6.61 Å². The van der Waals surface area contributed by atoms with E-state index in [0.29, 0.717) is 6.61 Å². The Labute approximate surface area is 162 Å². The maximum atomic E-state index is 6.15. The van der Waals surface area contributed by atoms with E-state index in [-0.39, 0.29) is 12.1 Å². The molecule has 0 unspecified atom stereocenters. The van der Waals surface area contributed by atoms with E-state index in [1.54, 1.807) is 0 Å². The molecule has 1 saturated heterocycles. The van der Waals surface area contributed by atoms with E-state index in [9.17, 15) is 0 Å². The SMILES string of the molecule is Cc1cc(C)c(N2[C]N3C(=N2)CO[C@@H]2Cc4ccc(Br)cc4[C@@H]23)c(C)c1. The Morgan fingerprint density at radius 3 is 2.69 bits per heavy atom. The molecule has 3 aliphatic rings. The lowest BCUT2D eigenvalue weighted by molar-refractivity contribution is 0.0119. The maximum Gasteiger partial charge on any atom is 0.233 e. The molecule has 1 aliphatic carbocycles. The molecule has 2 atom stereocenters. The highest BCUT2D eigenvalue weighted by atomic mass is 79.9. The number of hydrogen-bond donors (Lipinski definition) is 0. The van der Waals surface area contributed by atoms with Crippen LogP contribution in [0.25, 0.3) is 0 Å². The molecule has 0 N–H and O–H groups in total. The maximum absolute atomic E-state index is 6.15. The summed E-state index contributed by atoms with van der Waals surface area (Å²) in [5.74, 6) is 0.929. The van der Waals surface area contributed by atoms with Gasteiger partial charge in [0.05, 0.1) is 17.8 Å². The Morgan fingerprint density at radius 2 is 1.92 bits per heavy atom. The summed E-state index contributed by atoms with van der Waals surface area (Å²) >= 11 is 3.61. The highest BCUT2D eigenvalue weighted by Crippen LogP contribution is 2.44. The van der Waals surface area contributed by atoms with Crippen LogP contribution in [0.1, 0.15) is 33.9 Å². The van der Waals surface area contributed by atoms with Crippen molar-refractivity contribution in [3.8, 4) is 0 Å². The van der Waals surface area contributed by atoms with Gasteiger partial charge in [0.2, 0.25) is 6.67 Å². The molecule has 0 amide bonds. The van der Waals surface area contributed by atoms with Crippen LogP contribution in [0.3, 0.4) is 0 Å². The summed E-state index contributed by atoms with van der Waals surface area (Å²) in [4.78, 5) is 2.19. The first-order chi connectivity index (χ1) is 12.5. The minimum absolute atomic E-state index is 0.145. The van der Waals surface area contributed by atoms with Crippen molar-refractivity contribution < 1.29 is 4.74 Å². The third-order valence-corrected chi connectivity index (χ3v) is 5.94. The van der Waals surface area contributed by atoms with Gasteiger partial charge in [-0.15, -0.1) is 0 Å². The number of benzene rings is 2. The van der Waals surface area contributed by atoms with Gasteiger partial charge in [-0.25, -0.2) is 5.01 Å². The molecular weight excluding hydrogens is 390 g/mol. The molecule has 4 nitrogen and oxygen atoms in total. The molecule has 2 aliphatic heterocycles. The van der Waals surface area contributed by atoms with Crippen molar-refractivity contribution >= 4 is 27.5 Å². The minimum atomic E-state index is 0.145. The molecule has 0 aromatic heterocycles. The topological polar surface area (TPSA) is 28.1 Å². The van der Waals surface area contributed by atoms with Crippen molar-refractivity contribution in [1.29, 1.82) is 0 Å². The van der Waals surface area contributed by atoms with Crippen molar-refractivity contribution in [2.24, 2.45) is 5.10 Å². The zero-order chi connectivity index (χ0) is 18.0. The number of nitrogens with zero attached hydrogens (tertiary/aromatic N) is 3. The van der Waals surface area contributed by atoms with Gasteiger partial charge in [-0.1, -0.05) is 39.7 Å². The number of amidine groups is 1. The van der Waals surface area contributed by atoms with Gasteiger partial charge in [-0.2, -0.15) is 5.10 Å². The number of rotatable bonds is 1. The van der Waals surface area contributed by atoms with Crippen molar-refractivity contribution in [2.75, 3.05) is 11.6 Å². The monoisotopic (exact) mass is 409 g/mol. The molecule has 5 heteroatoms. The van der Waals surface area contributed by atoms with Gasteiger partial charge >= 0.3 is 0 Å². The lowest BCUT2D eigenvalue weighted by Gasteiger charge is -2.36. The fraction of sp³-hybridized carbons (Fsp3) is 0.333. The van der Waals surface area contributed by atoms with Crippen LogP contribution in [0, 0.1) is 27.4 Å². The molecule has 1 fully saturated rings. The molecule has 5 rings (SSSR count). The summed E-state index contributed by atoms with van der Waals surface area (Å²) in [7, 11) is 0. The lowest BCUT2D eigenvalue weighted by Crippen LogP contribution is -2.44. The highest BCUT2D eigenvalue weighted by molar-refractivity contribution is 9.10. The molecule has 2 aromatic carbocycles. The number of aryl methyl sites for hydroxylation is 3. The zero-order valence-electron chi connectivity index (χ0n) is 15.1. The number of morpholine rings is 1. The molecule has 26 heavy (non-hydrogen) atoms. The van der Waals surface area contributed by atoms with Crippen molar-refractivity contribution in [3.63, 3.8) is 0 Å². The van der Waals surface area contributed by atoms with Gasteiger partial charge in [0.15, 0.2) is 5.84 Å². The molecule has 0 spiro atoms. The molecule has 0 saturated carbocycles. The van der Waals surface area contributed by atoms with E-state index in [1.807, 2.05) is 5.01 Å². The molecule has 0 bridgehead atoms. The standard InChI is InChI=1S/C21H20BrN3O/c1-12-6-13(2)20(14(3)7-12)25-11-24-19(23-25)10-26-18-8-15-4-5-16(22)9-17(15)21(18)24/h4-7,9,18,21H,8,10H2,1-3H3/t18-,21+/m1/s1. The average Bonchev–Trinajstić information content (AvgIpc) is 3.14. The third-order valence-electron chi connectivity index (χ3n) is 5.45. The molecule has 2 radical (unpaired) electrons. The summed E-state index contributed by atoms with van der Waals surface area (Å²) in [6, 6.07) is 11.0. The Morgan fingerprint density at radius 1 is 1.15 bits per heavy atom. The second-order valence-electron chi connectivity index (χ2n) is 7.39. The quantitative estimate of drug-likeness (QED) is 0.693. The van der Waals surface area contributed by atoms with E-state index in [4.69, 9.17) is 9.84 Å². The van der Waals surface area contributed by atoms with E-state index in [0.717, 1.165) is 22.4 Å². The summed E-state index contributed by atoms with van der Waals surface area (Å²) in [5, 5.41) is 6.72. The fourth-order valence-corrected chi connectivity index (χ4v) is 4.84. The van der Waals surface area contributed by atoms with Crippen LogP contribution < -0.4 is 5.01 Å². The summed E-state index contributed by atoms with van der Waals surface area (Å²) < 4.78 is 7.25. The first-order valence-corrected chi connectivity index (χ1v) is 9.71. The largest absolute Gasteiger partial charge is 0.367 e. The van der Waals surface area contributed by atoms with Gasteiger partial charge < -0.3 is 9.64 Å². The zero-order valence-corrected chi connectivity index (χ0v) is 16.7. The number of anilines is 1. The average molecular weight is 410 g/mol. The Hall–Kier alpha value is -1.85. The molecule has 2 heterocycles. The summed E-state index contributed by atoms with van der Waals surface area (Å²) in [6.45, 7) is 10.4. The fourth-order valence-electron chi connectivity index (χ4n) is 4.47. The van der Waals surface area contributed by atoms with Crippen LogP contribution in [-0.2, 0) is 11.2 Å².